The highest BCUT2D eigenvalue weighted by molar-refractivity contribution is 5.89. The number of carbonyl (C=O) groups excluding carboxylic acids is 1. The number of allylic oxidation sites excluding steroid dienone is 1. The molecule has 2 atom stereocenters. The lowest BCUT2D eigenvalue weighted by molar-refractivity contribution is -0.143. The van der Waals surface area contributed by atoms with Crippen LogP contribution >= 0.6 is 0 Å². The van der Waals surface area contributed by atoms with Crippen LogP contribution in [0.25, 0.3) is 0 Å². The number of nitrogens with two attached hydrogens (primary N) is 1. The smallest absolute Gasteiger partial charge is 0.245 e. The molecule has 0 aromatic rings. The van der Waals surface area contributed by atoms with E-state index in [0.717, 1.165) is 0 Å². The molecule has 58 valence electrons. The van der Waals surface area contributed by atoms with Gasteiger partial charge in [-0.3, -0.25) is 4.79 Å². The predicted molar refractivity (Wildman–Crippen MR) is 42.3 cm³/mol. The van der Waals surface area contributed by atoms with Crippen molar-refractivity contribution in [1.82, 2.24) is 4.90 Å². The zero-order valence-electron chi connectivity index (χ0n) is 6.32. The minimum Gasteiger partial charge on any atom is -0.318 e. The molecule has 3 nitrogen and oxygen atoms in total. The highest BCUT2D eigenvalue weighted by Crippen LogP contribution is 2.17. The van der Waals surface area contributed by atoms with Gasteiger partial charge in [-0.2, -0.15) is 0 Å². The van der Waals surface area contributed by atoms with Crippen molar-refractivity contribution in [3.05, 3.63) is 12.3 Å². The van der Waals surface area contributed by atoms with Crippen molar-refractivity contribution in [2.75, 3.05) is 0 Å². The van der Waals surface area contributed by atoms with Crippen LogP contribution in [0.2, 0.25) is 0 Å². The minimum absolute atomic E-state index is 0.0657. The molecular weight excluding hydrogens is 140 g/mol. The summed E-state index contributed by atoms with van der Waals surface area (Å²) in [5.74, 6) is 2.24. The first-order chi connectivity index (χ1) is 5.18. The molecule has 0 aliphatic carbocycles. The zero-order chi connectivity index (χ0) is 8.43. The molecule has 0 saturated carbocycles. The summed E-state index contributed by atoms with van der Waals surface area (Å²) < 4.78 is 0. The number of hydrogen-bond acceptors (Lipinski definition) is 2. The molecule has 11 heavy (non-hydrogen) atoms. The second-order valence-corrected chi connectivity index (χ2v) is 2.49. The van der Waals surface area contributed by atoms with Gasteiger partial charge in [0.1, 0.15) is 6.04 Å². The molecule has 0 bridgehead atoms. The average Bonchev–Trinajstić information content (AvgIpc) is 2.04. The van der Waals surface area contributed by atoms with E-state index in [-0.39, 0.29) is 18.0 Å². The SMILES string of the molecule is C#CC=CN1C(=O)[C@H](N)[C@@H]1C. The Balaban J connectivity index is 2.58. The average molecular weight is 150 g/mol. The van der Waals surface area contributed by atoms with Gasteiger partial charge >= 0.3 is 0 Å². The van der Waals surface area contributed by atoms with Crippen LogP contribution in [0.3, 0.4) is 0 Å². The molecule has 1 heterocycles. The lowest BCUT2D eigenvalue weighted by Gasteiger charge is -2.40. The molecule has 1 aliphatic heterocycles. The summed E-state index contributed by atoms with van der Waals surface area (Å²) >= 11 is 0. The molecule has 1 rings (SSSR count). The molecule has 1 aliphatic rings. The van der Waals surface area contributed by atoms with Crippen molar-refractivity contribution in [2.24, 2.45) is 5.73 Å². The van der Waals surface area contributed by atoms with Crippen LogP contribution in [0.1, 0.15) is 6.92 Å². The first kappa shape index (κ1) is 7.83. The molecule has 1 amide bonds. The molecular formula is C8H10N2O. The van der Waals surface area contributed by atoms with Crippen molar-refractivity contribution in [1.29, 1.82) is 0 Å². The summed E-state index contributed by atoms with van der Waals surface area (Å²) in [5.41, 5.74) is 5.45. The zero-order valence-corrected chi connectivity index (χ0v) is 6.32. The number of rotatable bonds is 1. The van der Waals surface area contributed by atoms with Gasteiger partial charge in [-0.25, -0.2) is 0 Å². The number of β-lactam (4-membered cyclic amide) rings is 1. The van der Waals surface area contributed by atoms with Crippen LogP contribution in [0.15, 0.2) is 12.3 Å². The fourth-order valence-corrected chi connectivity index (χ4v) is 1.00. The van der Waals surface area contributed by atoms with Gasteiger partial charge in [-0.15, -0.1) is 6.42 Å². The van der Waals surface area contributed by atoms with Gasteiger partial charge in [0, 0.05) is 12.3 Å². The van der Waals surface area contributed by atoms with Crippen molar-refractivity contribution in [2.45, 2.75) is 19.0 Å². The molecule has 0 radical (unpaired) electrons. The molecule has 3 heteroatoms. The molecule has 0 aromatic carbocycles. The molecule has 1 saturated heterocycles. The fraction of sp³-hybridized carbons (Fsp3) is 0.375. The molecule has 2 N–H and O–H groups in total. The Kier molecular flexibility index (Phi) is 1.97. The lowest BCUT2D eigenvalue weighted by atomic mass is 9.99. The summed E-state index contributed by atoms with van der Waals surface area (Å²) in [7, 11) is 0. The number of terminal acetylenes is 1. The summed E-state index contributed by atoms with van der Waals surface area (Å²) in [6.45, 7) is 1.88. The normalized spacial score (nSPS) is 30.3. The maximum absolute atomic E-state index is 11.0. The third-order valence-electron chi connectivity index (χ3n) is 1.83. The highest BCUT2D eigenvalue weighted by atomic mass is 16.2. The van der Waals surface area contributed by atoms with Crippen molar-refractivity contribution >= 4 is 5.91 Å². The van der Waals surface area contributed by atoms with Gasteiger partial charge in [0.25, 0.3) is 0 Å². The first-order valence-corrected chi connectivity index (χ1v) is 3.39. The van der Waals surface area contributed by atoms with E-state index in [9.17, 15) is 4.79 Å². The molecule has 1 fully saturated rings. The van der Waals surface area contributed by atoms with E-state index < -0.39 is 0 Å². The van der Waals surface area contributed by atoms with Crippen LogP contribution in [0, 0.1) is 12.3 Å². The van der Waals surface area contributed by atoms with E-state index in [1.807, 2.05) is 6.92 Å². The molecule has 0 spiro atoms. The second kappa shape index (κ2) is 2.77. The van der Waals surface area contributed by atoms with E-state index in [2.05, 4.69) is 5.92 Å². The maximum atomic E-state index is 11.0. The monoisotopic (exact) mass is 150 g/mol. The van der Waals surface area contributed by atoms with Gasteiger partial charge in [-0.05, 0) is 6.92 Å². The topological polar surface area (TPSA) is 46.3 Å². The van der Waals surface area contributed by atoms with Gasteiger partial charge < -0.3 is 10.6 Å². The van der Waals surface area contributed by atoms with Crippen molar-refractivity contribution in [3.8, 4) is 12.3 Å². The van der Waals surface area contributed by atoms with E-state index >= 15 is 0 Å². The van der Waals surface area contributed by atoms with Gasteiger partial charge in [0.05, 0.1) is 6.04 Å². The highest BCUT2D eigenvalue weighted by Gasteiger charge is 2.39. The largest absolute Gasteiger partial charge is 0.318 e. The summed E-state index contributed by atoms with van der Waals surface area (Å²) in [5, 5.41) is 0. The number of nitrogens with zero attached hydrogens (tertiary/aromatic N) is 1. The van der Waals surface area contributed by atoms with E-state index in [1.165, 1.54) is 11.0 Å². The quantitative estimate of drug-likeness (QED) is 0.411. The Labute approximate surface area is 65.9 Å². The van der Waals surface area contributed by atoms with Crippen LogP contribution < -0.4 is 5.73 Å². The summed E-state index contributed by atoms with van der Waals surface area (Å²) in [4.78, 5) is 12.5. The van der Waals surface area contributed by atoms with Crippen LogP contribution in [0.4, 0.5) is 0 Å². The lowest BCUT2D eigenvalue weighted by Crippen LogP contribution is -2.65. The maximum Gasteiger partial charge on any atom is 0.245 e. The minimum atomic E-state index is -0.350. The second-order valence-electron chi connectivity index (χ2n) is 2.49. The van der Waals surface area contributed by atoms with Crippen LogP contribution in [-0.4, -0.2) is 22.9 Å². The van der Waals surface area contributed by atoms with E-state index in [1.54, 1.807) is 6.20 Å². The Morgan fingerprint density at radius 3 is 2.91 bits per heavy atom. The van der Waals surface area contributed by atoms with Crippen molar-refractivity contribution < 1.29 is 4.79 Å². The first-order valence-electron chi connectivity index (χ1n) is 3.39. The fourth-order valence-electron chi connectivity index (χ4n) is 1.00. The third kappa shape index (κ3) is 1.13. The molecule has 0 unspecified atom stereocenters. The Bertz CT molecular complexity index is 239. The van der Waals surface area contributed by atoms with Crippen LogP contribution in [0.5, 0.6) is 0 Å². The predicted octanol–water partition coefficient (Wildman–Crippen LogP) is -0.309. The third-order valence-corrected chi connectivity index (χ3v) is 1.83. The van der Waals surface area contributed by atoms with Gasteiger partial charge in [0.2, 0.25) is 5.91 Å². The Hall–Kier alpha value is -1.27. The number of likely N-dealkylation sites (tertiary alicyclic amines) is 1. The number of hydrogen-bond donors (Lipinski definition) is 1. The number of amides is 1. The van der Waals surface area contributed by atoms with Crippen molar-refractivity contribution in [3.63, 3.8) is 0 Å². The number of carbonyl (C=O) groups is 1. The Morgan fingerprint density at radius 2 is 2.45 bits per heavy atom. The van der Waals surface area contributed by atoms with Crippen LogP contribution in [-0.2, 0) is 4.79 Å². The molecule has 0 aromatic heterocycles. The summed E-state index contributed by atoms with van der Waals surface area (Å²) in [6.07, 6.45) is 8.04. The van der Waals surface area contributed by atoms with E-state index in [4.69, 9.17) is 12.2 Å². The van der Waals surface area contributed by atoms with E-state index in [0.29, 0.717) is 0 Å². The summed E-state index contributed by atoms with van der Waals surface area (Å²) in [6, 6.07) is -0.274. The van der Waals surface area contributed by atoms with Gasteiger partial charge in [0.15, 0.2) is 0 Å². The Morgan fingerprint density at radius 1 is 1.82 bits per heavy atom. The standard InChI is InChI=1S/C8H10N2O/c1-3-4-5-10-6(2)7(9)8(10)11/h1,4-7H,9H2,2H3/t6-,7+/m0/s1. The van der Waals surface area contributed by atoms with Gasteiger partial charge in [-0.1, -0.05) is 5.92 Å².